The summed E-state index contributed by atoms with van der Waals surface area (Å²) in [6, 6.07) is 16.1. The first-order valence-electron chi connectivity index (χ1n) is 7.98. The SMILES string of the molecule is COc1cccc(C2=Nc3ncnn3C2=NCc2ccc(C)cc2)c1. The van der Waals surface area contributed by atoms with Crippen molar-refractivity contribution < 1.29 is 4.74 Å². The van der Waals surface area contributed by atoms with Gasteiger partial charge < -0.3 is 4.74 Å². The average molecular weight is 331 g/mol. The molecule has 6 nitrogen and oxygen atoms in total. The summed E-state index contributed by atoms with van der Waals surface area (Å²) in [5.41, 5.74) is 4.04. The summed E-state index contributed by atoms with van der Waals surface area (Å²) in [6.45, 7) is 2.62. The number of hydrogen-bond acceptors (Lipinski definition) is 5. The smallest absolute Gasteiger partial charge is 0.254 e. The molecule has 0 unspecified atom stereocenters. The third kappa shape index (κ3) is 2.94. The van der Waals surface area contributed by atoms with E-state index in [0.717, 1.165) is 22.6 Å². The topological polar surface area (TPSA) is 64.7 Å². The Bertz CT molecular complexity index is 969. The fourth-order valence-electron chi connectivity index (χ4n) is 2.68. The van der Waals surface area contributed by atoms with Crippen molar-refractivity contribution in [2.24, 2.45) is 9.98 Å². The molecule has 0 radical (unpaired) electrons. The summed E-state index contributed by atoms with van der Waals surface area (Å²) >= 11 is 0. The molecule has 0 saturated carbocycles. The van der Waals surface area contributed by atoms with Crippen LogP contribution in [0.2, 0.25) is 0 Å². The van der Waals surface area contributed by atoms with Crippen LogP contribution in [0.15, 0.2) is 64.8 Å². The molecular formula is C19H17N5O. The summed E-state index contributed by atoms with van der Waals surface area (Å²) < 4.78 is 6.99. The lowest BCUT2D eigenvalue weighted by Crippen LogP contribution is -2.20. The van der Waals surface area contributed by atoms with Crippen LogP contribution in [0.25, 0.3) is 0 Å². The Labute approximate surface area is 145 Å². The molecule has 0 fully saturated rings. The Hall–Kier alpha value is -3.28. The van der Waals surface area contributed by atoms with Gasteiger partial charge in [-0.25, -0.2) is 4.99 Å². The van der Waals surface area contributed by atoms with E-state index in [1.165, 1.54) is 11.9 Å². The van der Waals surface area contributed by atoms with E-state index < -0.39 is 0 Å². The molecule has 1 aliphatic rings. The highest BCUT2D eigenvalue weighted by Crippen LogP contribution is 2.22. The molecular weight excluding hydrogens is 314 g/mol. The zero-order chi connectivity index (χ0) is 17.2. The lowest BCUT2D eigenvalue weighted by atomic mass is 10.1. The molecule has 4 rings (SSSR count). The zero-order valence-corrected chi connectivity index (χ0v) is 14.0. The Morgan fingerprint density at radius 2 is 1.96 bits per heavy atom. The Balaban J connectivity index is 1.71. The summed E-state index contributed by atoms with van der Waals surface area (Å²) in [7, 11) is 1.65. The molecule has 0 atom stereocenters. The minimum absolute atomic E-state index is 0.542. The first kappa shape index (κ1) is 15.3. The Morgan fingerprint density at radius 1 is 1.12 bits per heavy atom. The molecule has 0 aliphatic carbocycles. The predicted octanol–water partition coefficient (Wildman–Crippen LogP) is 3.18. The number of ether oxygens (including phenoxy) is 1. The highest BCUT2D eigenvalue weighted by atomic mass is 16.5. The van der Waals surface area contributed by atoms with Crippen molar-refractivity contribution in [3.8, 4) is 5.75 Å². The van der Waals surface area contributed by atoms with E-state index in [1.54, 1.807) is 11.8 Å². The van der Waals surface area contributed by atoms with Gasteiger partial charge in [0.05, 0.1) is 13.7 Å². The molecule has 1 aliphatic heterocycles. The lowest BCUT2D eigenvalue weighted by molar-refractivity contribution is 0.414. The van der Waals surface area contributed by atoms with Gasteiger partial charge in [0.15, 0.2) is 5.84 Å². The van der Waals surface area contributed by atoms with Gasteiger partial charge in [-0.1, -0.05) is 42.0 Å². The molecule has 0 saturated heterocycles. The molecule has 6 heteroatoms. The minimum atomic E-state index is 0.542. The third-order valence-corrected chi connectivity index (χ3v) is 4.03. The molecule has 3 aromatic rings. The van der Waals surface area contributed by atoms with Crippen LogP contribution < -0.4 is 4.74 Å². The largest absolute Gasteiger partial charge is 0.497 e. The second-order valence-electron chi connectivity index (χ2n) is 5.79. The second kappa shape index (κ2) is 6.32. The molecule has 124 valence electrons. The van der Waals surface area contributed by atoms with Gasteiger partial charge in [-0.3, -0.25) is 4.99 Å². The highest BCUT2D eigenvalue weighted by molar-refractivity contribution is 6.50. The maximum atomic E-state index is 5.32. The molecule has 0 amide bonds. The van der Waals surface area contributed by atoms with Gasteiger partial charge in [0.25, 0.3) is 5.95 Å². The lowest BCUT2D eigenvalue weighted by Gasteiger charge is -2.07. The van der Waals surface area contributed by atoms with Crippen LogP contribution in [0.1, 0.15) is 16.7 Å². The number of aryl methyl sites for hydroxylation is 1. The number of methoxy groups -OCH3 is 1. The maximum Gasteiger partial charge on any atom is 0.254 e. The first-order valence-corrected chi connectivity index (χ1v) is 7.98. The maximum absolute atomic E-state index is 5.32. The van der Waals surface area contributed by atoms with Gasteiger partial charge in [0, 0.05) is 5.56 Å². The fraction of sp³-hybridized carbons (Fsp3) is 0.158. The summed E-state index contributed by atoms with van der Waals surface area (Å²) in [5, 5.41) is 4.25. The molecule has 0 spiro atoms. The monoisotopic (exact) mass is 331 g/mol. The van der Waals surface area contributed by atoms with E-state index in [9.17, 15) is 0 Å². The average Bonchev–Trinajstić information content (AvgIpc) is 3.23. The molecule has 0 bridgehead atoms. The molecule has 2 heterocycles. The zero-order valence-electron chi connectivity index (χ0n) is 14.0. The van der Waals surface area contributed by atoms with Crippen molar-refractivity contribution in [2.45, 2.75) is 13.5 Å². The standard InChI is InChI=1S/C19H17N5O/c1-13-6-8-14(9-7-13)11-20-18-17(23-19-21-12-22-24(18)19)15-4-3-5-16(10-15)25-2/h3-10,12H,11H2,1-2H3. The van der Waals surface area contributed by atoms with Crippen LogP contribution >= 0.6 is 0 Å². The van der Waals surface area contributed by atoms with Gasteiger partial charge >= 0.3 is 0 Å². The predicted molar refractivity (Wildman–Crippen MR) is 96.9 cm³/mol. The Morgan fingerprint density at radius 3 is 2.76 bits per heavy atom. The van der Waals surface area contributed by atoms with Crippen molar-refractivity contribution in [1.82, 2.24) is 14.8 Å². The number of aliphatic imine (C=N–C) groups is 2. The van der Waals surface area contributed by atoms with E-state index >= 15 is 0 Å². The summed E-state index contributed by atoms with van der Waals surface area (Å²) in [4.78, 5) is 13.5. The normalized spacial score (nSPS) is 14.5. The first-order chi connectivity index (χ1) is 12.2. The number of hydrogen-bond donors (Lipinski definition) is 0. The van der Waals surface area contributed by atoms with Crippen LogP contribution in [0, 0.1) is 6.92 Å². The van der Waals surface area contributed by atoms with Crippen LogP contribution in [-0.4, -0.2) is 33.4 Å². The van der Waals surface area contributed by atoms with Gasteiger partial charge in [0.1, 0.15) is 17.8 Å². The number of benzene rings is 2. The third-order valence-electron chi connectivity index (χ3n) is 4.03. The quantitative estimate of drug-likeness (QED) is 0.737. The van der Waals surface area contributed by atoms with Crippen LogP contribution in [-0.2, 0) is 6.54 Å². The number of rotatable bonds is 4. The summed E-state index contributed by atoms with van der Waals surface area (Å²) in [5.74, 6) is 2.01. The van der Waals surface area contributed by atoms with Crippen molar-refractivity contribution in [3.05, 3.63) is 71.5 Å². The minimum Gasteiger partial charge on any atom is -0.497 e. The van der Waals surface area contributed by atoms with E-state index in [1.807, 2.05) is 24.3 Å². The fourth-order valence-corrected chi connectivity index (χ4v) is 2.68. The van der Waals surface area contributed by atoms with Gasteiger partial charge in [-0.2, -0.15) is 14.8 Å². The van der Waals surface area contributed by atoms with Crippen LogP contribution in [0.3, 0.4) is 0 Å². The van der Waals surface area contributed by atoms with E-state index in [2.05, 4.69) is 46.3 Å². The number of fused-ring (bicyclic) bond motifs is 1. The number of nitrogens with zero attached hydrogens (tertiary/aromatic N) is 5. The van der Waals surface area contributed by atoms with Gasteiger partial charge in [-0.15, -0.1) is 0 Å². The van der Waals surface area contributed by atoms with Crippen molar-refractivity contribution in [1.29, 1.82) is 0 Å². The molecule has 1 aromatic heterocycles. The van der Waals surface area contributed by atoms with Crippen molar-refractivity contribution >= 4 is 17.5 Å². The molecule has 0 N–H and O–H groups in total. The molecule has 2 aromatic carbocycles. The Kier molecular flexibility index (Phi) is 3.85. The highest BCUT2D eigenvalue weighted by Gasteiger charge is 2.25. The number of aromatic nitrogens is 3. The van der Waals surface area contributed by atoms with E-state index in [-0.39, 0.29) is 0 Å². The summed E-state index contributed by atoms with van der Waals surface area (Å²) in [6.07, 6.45) is 1.49. The van der Waals surface area contributed by atoms with Crippen molar-refractivity contribution in [3.63, 3.8) is 0 Å². The van der Waals surface area contributed by atoms with E-state index in [0.29, 0.717) is 18.3 Å². The van der Waals surface area contributed by atoms with Crippen LogP contribution in [0.5, 0.6) is 5.75 Å². The van der Waals surface area contributed by atoms with Crippen LogP contribution in [0.4, 0.5) is 5.95 Å². The van der Waals surface area contributed by atoms with Gasteiger partial charge in [-0.05, 0) is 24.6 Å². The van der Waals surface area contributed by atoms with E-state index in [4.69, 9.17) is 9.73 Å². The molecule has 25 heavy (non-hydrogen) atoms. The second-order valence-corrected chi connectivity index (χ2v) is 5.79. The van der Waals surface area contributed by atoms with Crippen molar-refractivity contribution in [2.75, 3.05) is 7.11 Å². The van der Waals surface area contributed by atoms with Gasteiger partial charge in [0.2, 0.25) is 0 Å².